The zero-order valence-corrected chi connectivity index (χ0v) is 8.85. The molecule has 0 bridgehead atoms. The molecular formula is C5H5NSSe2. The van der Waals surface area contributed by atoms with E-state index in [2.05, 4.69) is 15.4 Å². The Hall–Kier alpha value is 0.619. The first-order chi connectivity index (χ1) is 4.43. The molecule has 0 spiro atoms. The molecular weight excluding hydrogens is 264 g/mol. The number of rotatable bonds is 2. The maximum atomic E-state index is 8.28. The summed E-state index contributed by atoms with van der Waals surface area (Å²) in [6.45, 7) is 0. The van der Waals surface area contributed by atoms with Crippen molar-refractivity contribution in [3.63, 3.8) is 0 Å². The van der Waals surface area contributed by atoms with Crippen LogP contribution in [0.15, 0.2) is 10.4 Å². The molecule has 9 heavy (non-hydrogen) atoms. The van der Waals surface area contributed by atoms with E-state index in [1.807, 2.05) is 11.8 Å². The van der Waals surface area contributed by atoms with Gasteiger partial charge in [-0.2, -0.15) is 0 Å². The van der Waals surface area contributed by atoms with Crippen LogP contribution in [0.4, 0.5) is 0 Å². The van der Waals surface area contributed by atoms with Gasteiger partial charge < -0.3 is 0 Å². The van der Waals surface area contributed by atoms with Crippen LogP contribution >= 0.6 is 11.8 Å². The summed E-state index contributed by atoms with van der Waals surface area (Å²) in [4.78, 5) is 4.47. The third kappa shape index (κ3) is 2.80. The Morgan fingerprint density at radius 3 is 3.33 bits per heavy atom. The zero-order valence-electron chi connectivity index (χ0n) is 4.61. The van der Waals surface area contributed by atoms with Crippen molar-refractivity contribution in [1.29, 1.82) is 5.26 Å². The molecule has 0 aliphatic carbocycles. The third-order valence-corrected chi connectivity index (χ3v) is 7.70. The van der Waals surface area contributed by atoms with Gasteiger partial charge in [0.05, 0.1) is 0 Å². The normalized spacial score (nSPS) is 24.1. The summed E-state index contributed by atoms with van der Waals surface area (Å²) in [7, 11) is 0. The second-order valence-corrected chi connectivity index (χ2v) is 7.19. The van der Waals surface area contributed by atoms with Gasteiger partial charge in [0.2, 0.25) is 0 Å². The number of nitrogens with zero attached hydrogens (tertiary/aromatic N) is 1. The van der Waals surface area contributed by atoms with E-state index in [0.29, 0.717) is 15.0 Å². The van der Waals surface area contributed by atoms with Crippen LogP contribution in [0.5, 0.6) is 0 Å². The van der Waals surface area contributed by atoms with Crippen LogP contribution in [0, 0.1) is 10.2 Å². The molecule has 1 aliphatic heterocycles. The summed E-state index contributed by atoms with van der Waals surface area (Å²) in [6.07, 6.45) is 0. The van der Waals surface area contributed by atoms with E-state index >= 15 is 0 Å². The van der Waals surface area contributed by atoms with E-state index in [1.54, 1.807) is 0 Å². The average Bonchev–Trinajstić information content (AvgIpc) is 2.34. The van der Waals surface area contributed by atoms with E-state index in [1.165, 1.54) is 0 Å². The molecule has 1 aliphatic rings. The Kier molecular flexibility index (Phi) is 3.81. The van der Waals surface area contributed by atoms with Crippen LogP contribution in [-0.4, -0.2) is 34.1 Å². The monoisotopic (exact) mass is 271 g/mol. The van der Waals surface area contributed by atoms with Gasteiger partial charge in [-0.1, -0.05) is 0 Å². The third-order valence-electron chi connectivity index (χ3n) is 0.800. The molecule has 1 atom stereocenters. The fraction of sp³-hybridized carbons (Fsp3) is 0.400. The molecule has 0 radical (unpaired) electrons. The van der Waals surface area contributed by atoms with E-state index in [-0.39, 0.29) is 15.0 Å². The minimum atomic E-state index is 0.242. The van der Waals surface area contributed by atoms with Crippen molar-refractivity contribution < 1.29 is 0 Å². The number of nitriles is 1. The standard InChI is InChI=1S/C5H5NSSe2/c6-4-8-3-5-7-1-2-9-5/h1-2,5H,3H2. The van der Waals surface area contributed by atoms with Crippen LogP contribution in [0.25, 0.3) is 0 Å². The molecule has 0 saturated carbocycles. The topological polar surface area (TPSA) is 23.8 Å². The van der Waals surface area contributed by atoms with Crippen molar-refractivity contribution in [2.24, 2.45) is 0 Å². The number of hydrogen-bond acceptors (Lipinski definition) is 2. The Morgan fingerprint density at radius 1 is 1.89 bits per heavy atom. The molecule has 0 aromatic carbocycles. The molecule has 1 unspecified atom stereocenters. The molecule has 4 heteroatoms. The van der Waals surface area contributed by atoms with Crippen LogP contribution < -0.4 is 0 Å². The van der Waals surface area contributed by atoms with E-state index in [4.69, 9.17) is 5.26 Å². The quantitative estimate of drug-likeness (QED) is 0.694. The van der Waals surface area contributed by atoms with Gasteiger partial charge in [-0.15, -0.1) is 0 Å². The van der Waals surface area contributed by atoms with Crippen LogP contribution in [0.2, 0.25) is 5.32 Å². The van der Waals surface area contributed by atoms with Crippen molar-refractivity contribution in [2.45, 2.75) is 9.47 Å². The molecule has 0 amide bonds. The van der Waals surface area contributed by atoms with Gasteiger partial charge in [-0.25, -0.2) is 0 Å². The minimum absolute atomic E-state index is 0.242. The van der Waals surface area contributed by atoms with Crippen molar-refractivity contribution >= 4 is 41.7 Å². The van der Waals surface area contributed by atoms with Gasteiger partial charge in [0.1, 0.15) is 0 Å². The van der Waals surface area contributed by atoms with Gasteiger partial charge in [-0.05, 0) is 0 Å². The van der Waals surface area contributed by atoms with Crippen molar-refractivity contribution in [2.75, 3.05) is 0 Å². The van der Waals surface area contributed by atoms with Crippen molar-refractivity contribution in [3.05, 3.63) is 10.4 Å². The maximum absolute atomic E-state index is 8.28. The van der Waals surface area contributed by atoms with Crippen molar-refractivity contribution in [1.82, 2.24) is 0 Å². The summed E-state index contributed by atoms with van der Waals surface area (Å²) < 4.78 is 0.789. The first kappa shape index (κ1) is 7.72. The summed E-state index contributed by atoms with van der Waals surface area (Å²) in [5.41, 5.74) is 0. The second-order valence-electron chi connectivity index (χ2n) is 1.38. The average molecular weight is 269 g/mol. The summed E-state index contributed by atoms with van der Waals surface area (Å²) in [5, 5.41) is 11.6. The molecule has 1 rings (SSSR count). The molecule has 1 heterocycles. The molecule has 0 aromatic heterocycles. The second kappa shape index (κ2) is 4.44. The summed E-state index contributed by atoms with van der Waals surface area (Å²) in [6, 6.07) is 0. The van der Waals surface area contributed by atoms with Gasteiger partial charge in [0.25, 0.3) is 0 Å². The van der Waals surface area contributed by atoms with Gasteiger partial charge >= 0.3 is 71.8 Å². The summed E-state index contributed by atoms with van der Waals surface area (Å²) in [5.74, 6) is 0. The Labute approximate surface area is 71.6 Å². The Morgan fingerprint density at radius 2 is 2.78 bits per heavy atom. The first-order valence-corrected chi connectivity index (χ1v) is 7.39. The van der Waals surface area contributed by atoms with Crippen LogP contribution in [0.3, 0.4) is 0 Å². The SMILES string of the molecule is N#C[Se]CC1SC=C[Se]1. The predicted octanol–water partition coefficient (Wildman–Crippen LogP) is 0.838. The first-order valence-electron chi connectivity index (χ1n) is 2.40. The number of thioether (sulfide) groups is 1. The fourth-order valence-electron chi connectivity index (χ4n) is 0.455. The van der Waals surface area contributed by atoms with E-state index in [9.17, 15) is 0 Å². The van der Waals surface area contributed by atoms with Crippen LogP contribution in [-0.2, 0) is 0 Å². The Bertz CT molecular complexity index is 144. The van der Waals surface area contributed by atoms with Crippen molar-refractivity contribution in [3.8, 4) is 4.97 Å². The molecule has 48 valence electrons. The van der Waals surface area contributed by atoms with Gasteiger partial charge in [0.15, 0.2) is 0 Å². The fourth-order valence-corrected chi connectivity index (χ4v) is 6.27. The molecule has 0 aromatic rings. The number of hydrogen-bond donors (Lipinski definition) is 0. The van der Waals surface area contributed by atoms with Crippen LogP contribution in [0.1, 0.15) is 0 Å². The molecule has 0 fully saturated rings. The molecule has 0 N–H and O–H groups in total. The predicted molar refractivity (Wildman–Crippen MR) is 42.4 cm³/mol. The Balaban J connectivity index is 2.09. The van der Waals surface area contributed by atoms with Gasteiger partial charge in [0, 0.05) is 0 Å². The van der Waals surface area contributed by atoms with E-state index in [0.717, 1.165) is 9.47 Å². The molecule has 1 nitrogen and oxygen atoms in total. The molecule has 0 saturated heterocycles. The summed E-state index contributed by atoms with van der Waals surface area (Å²) >= 11 is 2.82. The van der Waals surface area contributed by atoms with E-state index < -0.39 is 0 Å². The zero-order chi connectivity index (χ0) is 6.53. The van der Waals surface area contributed by atoms with Gasteiger partial charge in [-0.3, -0.25) is 0 Å².